The fourth-order valence-corrected chi connectivity index (χ4v) is 2.68. The summed E-state index contributed by atoms with van der Waals surface area (Å²) in [6.45, 7) is 15.0. The van der Waals surface area contributed by atoms with Crippen LogP contribution in [0.5, 0.6) is 0 Å². The number of hydrogen-bond donors (Lipinski definition) is 2. The summed E-state index contributed by atoms with van der Waals surface area (Å²) in [5.74, 6) is 0. The Labute approximate surface area is 126 Å². The SMILES string of the molecule is CCC(C)(CNC(C)(C)C)CN(CCCO)C1CCC1. The predicted molar refractivity (Wildman–Crippen MR) is 87.1 cm³/mol. The van der Waals surface area contributed by atoms with Crippen LogP contribution < -0.4 is 5.32 Å². The van der Waals surface area contributed by atoms with Crippen molar-refractivity contribution in [3.8, 4) is 0 Å². The Morgan fingerprint density at radius 1 is 1.20 bits per heavy atom. The highest BCUT2D eigenvalue weighted by molar-refractivity contribution is 4.88. The van der Waals surface area contributed by atoms with Gasteiger partial charge in [-0.3, -0.25) is 4.90 Å². The second-order valence-electron chi connectivity index (χ2n) is 7.90. The van der Waals surface area contributed by atoms with Gasteiger partial charge < -0.3 is 10.4 Å². The monoisotopic (exact) mass is 284 g/mol. The van der Waals surface area contributed by atoms with E-state index >= 15 is 0 Å². The molecule has 120 valence electrons. The molecule has 1 aliphatic rings. The van der Waals surface area contributed by atoms with Crippen molar-refractivity contribution in [3.63, 3.8) is 0 Å². The Bertz CT molecular complexity index is 271. The van der Waals surface area contributed by atoms with Gasteiger partial charge >= 0.3 is 0 Å². The molecule has 1 fully saturated rings. The smallest absolute Gasteiger partial charge is 0.0443 e. The third-order valence-electron chi connectivity index (χ3n) is 4.68. The topological polar surface area (TPSA) is 35.5 Å². The molecular formula is C17H36N2O. The van der Waals surface area contributed by atoms with Gasteiger partial charge in [-0.05, 0) is 51.9 Å². The van der Waals surface area contributed by atoms with E-state index < -0.39 is 0 Å². The summed E-state index contributed by atoms with van der Waals surface area (Å²) >= 11 is 0. The predicted octanol–water partition coefficient (Wildman–Crippen LogP) is 3.03. The van der Waals surface area contributed by atoms with Crippen LogP contribution in [0.3, 0.4) is 0 Å². The maximum atomic E-state index is 9.11. The minimum Gasteiger partial charge on any atom is -0.396 e. The molecule has 0 aromatic heterocycles. The van der Waals surface area contributed by atoms with Gasteiger partial charge in [0.25, 0.3) is 0 Å². The van der Waals surface area contributed by atoms with Crippen molar-refractivity contribution in [1.82, 2.24) is 10.2 Å². The maximum Gasteiger partial charge on any atom is 0.0443 e. The van der Waals surface area contributed by atoms with E-state index in [1.54, 1.807) is 0 Å². The van der Waals surface area contributed by atoms with Gasteiger partial charge in [0, 0.05) is 37.8 Å². The van der Waals surface area contributed by atoms with Crippen LogP contribution in [0.1, 0.15) is 66.7 Å². The molecule has 3 nitrogen and oxygen atoms in total. The molecule has 20 heavy (non-hydrogen) atoms. The third kappa shape index (κ3) is 6.11. The Kier molecular flexibility index (Phi) is 6.96. The van der Waals surface area contributed by atoms with E-state index in [9.17, 15) is 0 Å². The molecule has 0 heterocycles. The molecule has 1 rings (SSSR count). The molecule has 0 aliphatic heterocycles. The summed E-state index contributed by atoms with van der Waals surface area (Å²) in [4.78, 5) is 2.63. The van der Waals surface area contributed by atoms with E-state index in [0.29, 0.717) is 12.0 Å². The second-order valence-corrected chi connectivity index (χ2v) is 7.90. The molecule has 0 aromatic carbocycles. The van der Waals surface area contributed by atoms with Crippen LogP contribution in [-0.4, -0.2) is 47.8 Å². The highest BCUT2D eigenvalue weighted by Crippen LogP contribution is 2.30. The number of rotatable bonds is 9. The average Bonchev–Trinajstić information content (AvgIpc) is 2.30. The van der Waals surface area contributed by atoms with Gasteiger partial charge in [-0.15, -0.1) is 0 Å². The van der Waals surface area contributed by atoms with Crippen LogP contribution in [-0.2, 0) is 0 Å². The van der Waals surface area contributed by atoms with Gasteiger partial charge in [0.2, 0.25) is 0 Å². The fraction of sp³-hybridized carbons (Fsp3) is 1.00. The molecule has 1 unspecified atom stereocenters. The lowest BCUT2D eigenvalue weighted by molar-refractivity contribution is 0.0638. The Balaban J connectivity index is 2.56. The first-order valence-electron chi connectivity index (χ1n) is 8.39. The zero-order chi connectivity index (χ0) is 15.2. The van der Waals surface area contributed by atoms with Crippen molar-refractivity contribution >= 4 is 0 Å². The van der Waals surface area contributed by atoms with E-state index in [2.05, 4.69) is 44.8 Å². The molecule has 0 bridgehead atoms. The van der Waals surface area contributed by atoms with Crippen LogP contribution >= 0.6 is 0 Å². The summed E-state index contributed by atoms with van der Waals surface area (Å²) in [6, 6.07) is 0.766. The van der Waals surface area contributed by atoms with Crippen molar-refractivity contribution in [2.75, 3.05) is 26.2 Å². The molecule has 0 aromatic rings. The van der Waals surface area contributed by atoms with E-state index in [-0.39, 0.29) is 5.54 Å². The summed E-state index contributed by atoms with van der Waals surface area (Å²) < 4.78 is 0. The molecule has 1 saturated carbocycles. The van der Waals surface area contributed by atoms with Crippen LogP contribution in [0.4, 0.5) is 0 Å². The number of hydrogen-bond acceptors (Lipinski definition) is 3. The lowest BCUT2D eigenvalue weighted by Crippen LogP contribution is -2.51. The average molecular weight is 284 g/mol. The molecule has 1 atom stereocenters. The van der Waals surface area contributed by atoms with Crippen molar-refractivity contribution in [3.05, 3.63) is 0 Å². The first-order chi connectivity index (χ1) is 9.29. The maximum absolute atomic E-state index is 9.11. The standard InChI is InChI=1S/C17H36N2O/c1-6-17(5,13-18-16(2,3)4)14-19(11-8-12-20)15-9-7-10-15/h15,18,20H,6-14H2,1-5H3. The number of nitrogens with one attached hydrogen (secondary N) is 1. The molecule has 0 saturated heterocycles. The van der Waals surface area contributed by atoms with Crippen molar-refractivity contribution in [1.29, 1.82) is 0 Å². The number of aliphatic hydroxyl groups is 1. The molecule has 2 N–H and O–H groups in total. The summed E-state index contributed by atoms with van der Waals surface area (Å²) in [6.07, 6.45) is 6.17. The van der Waals surface area contributed by atoms with E-state index in [1.807, 2.05) is 0 Å². The van der Waals surface area contributed by atoms with Crippen LogP contribution in [0, 0.1) is 5.41 Å². The van der Waals surface area contributed by atoms with E-state index in [1.165, 1.54) is 25.7 Å². The normalized spacial score (nSPS) is 19.9. The van der Waals surface area contributed by atoms with Crippen molar-refractivity contribution in [2.45, 2.75) is 78.3 Å². The molecule has 0 spiro atoms. The van der Waals surface area contributed by atoms with Crippen LogP contribution in [0.25, 0.3) is 0 Å². The second kappa shape index (κ2) is 7.77. The van der Waals surface area contributed by atoms with Crippen molar-refractivity contribution in [2.24, 2.45) is 5.41 Å². The first-order valence-corrected chi connectivity index (χ1v) is 8.39. The summed E-state index contributed by atoms with van der Waals surface area (Å²) in [7, 11) is 0. The van der Waals surface area contributed by atoms with Gasteiger partial charge in [-0.1, -0.05) is 20.3 Å². The quantitative estimate of drug-likeness (QED) is 0.683. The summed E-state index contributed by atoms with van der Waals surface area (Å²) in [5.41, 5.74) is 0.501. The number of nitrogens with zero attached hydrogens (tertiary/aromatic N) is 1. The Hall–Kier alpha value is -0.120. The zero-order valence-electron chi connectivity index (χ0n) is 14.3. The van der Waals surface area contributed by atoms with Gasteiger partial charge in [0.1, 0.15) is 0 Å². The van der Waals surface area contributed by atoms with Crippen LogP contribution in [0.2, 0.25) is 0 Å². The highest BCUT2D eigenvalue weighted by atomic mass is 16.3. The number of aliphatic hydroxyl groups excluding tert-OH is 1. The summed E-state index contributed by atoms with van der Waals surface area (Å²) in [5, 5.41) is 12.8. The fourth-order valence-electron chi connectivity index (χ4n) is 2.68. The Morgan fingerprint density at radius 3 is 2.25 bits per heavy atom. The van der Waals surface area contributed by atoms with Gasteiger partial charge in [-0.2, -0.15) is 0 Å². The molecule has 1 aliphatic carbocycles. The third-order valence-corrected chi connectivity index (χ3v) is 4.68. The molecule has 3 heteroatoms. The van der Waals surface area contributed by atoms with Gasteiger partial charge in [-0.25, -0.2) is 0 Å². The first kappa shape index (κ1) is 17.9. The Morgan fingerprint density at radius 2 is 1.85 bits per heavy atom. The van der Waals surface area contributed by atoms with E-state index in [0.717, 1.165) is 32.1 Å². The lowest BCUT2D eigenvalue weighted by atomic mass is 9.83. The largest absolute Gasteiger partial charge is 0.396 e. The molecule has 0 amide bonds. The highest BCUT2D eigenvalue weighted by Gasteiger charge is 2.32. The zero-order valence-corrected chi connectivity index (χ0v) is 14.3. The van der Waals surface area contributed by atoms with Crippen LogP contribution in [0.15, 0.2) is 0 Å². The minimum absolute atomic E-state index is 0.183. The lowest BCUT2D eigenvalue weighted by Gasteiger charge is -2.43. The molecule has 0 radical (unpaired) electrons. The van der Waals surface area contributed by atoms with Gasteiger partial charge in [0.15, 0.2) is 0 Å². The van der Waals surface area contributed by atoms with Gasteiger partial charge in [0.05, 0.1) is 0 Å². The molecular weight excluding hydrogens is 248 g/mol. The van der Waals surface area contributed by atoms with E-state index in [4.69, 9.17) is 5.11 Å². The van der Waals surface area contributed by atoms with Crippen molar-refractivity contribution < 1.29 is 5.11 Å². The minimum atomic E-state index is 0.183.